The van der Waals surface area contributed by atoms with Crippen LogP contribution in [0.4, 0.5) is 4.79 Å². The van der Waals surface area contributed by atoms with E-state index in [0.29, 0.717) is 24.9 Å². The first-order valence-electron chi connectivity index (χ1n) is 7.74. The molecule has 0 aromatic carbocycles. The summed E-state index contributed by atoms with van der Waals surface area (Å²) in [4.78, 5) is 27.2. The fraction of sp³-hybridized carbons (Fsp3) is 0.857. The van der Waals surface area contributed by atoms with Gasteiger partial charge in [0.2, 0.25) is 5.91 Å². The number of nitrogens with zero attached hydrogens (tertiary/aromatic N) is 2. The Morgan fingerprint density at radius 1 is 1.29 bits per heavy atom. The van der Waals surface area contributed by atoms with Gasteiger partial charge in [-0.25, -0.2) is 4.79 Å². The van der Waals surface area contributed by atoms with Gasteiger partial charge in [0.1, 0.15) is 0 Å². The number of rotatable bonds is 5. The average molecular weight is 298 g/mol. The highest BCUT2D eigenvalue weighted by Crippen LogP contribution is 2.25. The third-order valence-corrected chi connectivity index (χ3v) is 4.44. The fourth-order valence-corrected chi connectivity index (χ4v) is 3.23. The van der Waals surface area contributed by atoms with Crippen molar-refractivity contribution < 1.29 is 14.3 Å². The van der Waals surface area contributed by atoms with Crippen LogP contribution < -0.4 is 11.1 Å². The summed E-state index contributed by atoms with van der Waals surface area (Å²) >= 11 is 0. The molecule has 3 N–H and O–H groups in total. The van der Waals surface area contributed by atoms with Crippen molar-refractivity contribution >= 4 is 11.9 Å². The zero-order chi connectivity index (χ0) is 15.2. The van der Waals surface area contributed by atoms with Crippen LogP contribution in [0.5, 0.6) is 0 Å². The summed E-state index contributed by atoms with van der Waals surface area (Å²) < 4.78 is 5.40. The van der Waals surface area contributed by atoms with E-state index >= 15 is 0 Å². The van der Waals surface area contributed by atoms with Crippen molar-refractivity contribution in [3.05, 3.63) is 0 Å². The topological polar surface area (TPSA) is 87.9 Å². The number of urea groups is 1. The average Bonchev–Trinajstić information content (AvgIpc) is 2.92. The number of primary amides is 1. The number of carbonyl (C=O) groups excluding carboxylic acids is 2. The maximum absolute atomic E-state index is 12.2. The maximum atomic E-state index is 12.2. The van der Waals surface area contributed by atoms with E-state index in [1.54, 1.807) is 0 Å². The second-order valence-electron chi connectivity index (χ2n) is 5.72. The molecular formula is C14H26N4O3. The largest absolute Gasteiger partial charge is 0.379 e. The summed E-state index contributed by atoms with van der Waals surface area (Å²) in [5.41, 5.74) is 5.00. The van der Waals surface area contributed by atoms with Crippen LogP contribution in [0.1, 0.15) is 19.8 Å². The van der Waals surface area contributed by atoms with Crippen LogP contribution in [-0.4, -0.2) is 73.7 Å². The van der Waals surface area contributed by atoms with E-state index in [4.69, 9.17) is 10.5 Å². The van der Waals surface area contributed by atoms with Crippen LogP contribution in [-0.2, 0) is 9.53 Å². The second kappa shape index (κ2) is 7.61. The van der Waals surface area contributed by atoms with E-state index in [1.165, 1.54) is 0 Å². The van der Waals surface area contributed by atoms with Gasteiger partial charge >= 0.3 is 6.03 Å². The van der Waals surface area contributed by atoms with Crippen molar-refractivity contribution in [1.29, 1.82) is 0 Å². The van der Waals surface area contributed by atoms with Gasteiger partial charge in [-0.1, -0.05) is 13.3 Å². The van der Waals surface area contributed by atoms with Crippen LogP contribution in [0.2, 0.25) is 0 Å². The molecule has 0 unspecified atom stereocenters. The lowest BCUT2D eigenvalue weighted by atomic mass is 9.99. The molecule has 0 saturated carbocycles. The molecule has 0 spiro atoms. The van der Waals surface area contributed by atoms with Crippen LogP contribution in [0.3, 0.4) is 0 Å². The number of hydrogen-bond acceptors (Lipinski definition) is 4. The molecule has 3 amide bonds. The number of morpholine rings is 1. The first kappa shape index (κ1) is 16.0. The van der Waals surface area contributed by atoms with Gasteiger partial charge in [0.25, 0.3) is 0 Å². The number of hydrogen-bond donors (Lipinski definition) is 2. The van der Waals surface area contributed by atoms with Gasteiger partial charge < -0.3 is 20.7 Å². The van der Waals surface area contributed by atoms with Gasteiger partial charge in [0.05, 0.1) is 13.2 Å². The summed E-state index contributed by atoms with van der Waals surface area (Å²) in [6.07, 6.45) is 1.39. The number of carbonyl (C=O) groups is 2. The molecular weight excluding hydrogens is 272 g/mol. The predicted octanol–water partition coefficient (Wildman–Crippen LogP) is -0.386. The first-order chi connectivity index (χ1) is 10.1. The minimum atomic E-state index is -0.582. The SMILES string of the molecule is CC[C@H]1CN(C(=O)CCNC(N)=O)C[C@H]1N1CCOCC1. The minimum Gasteiger partial charge on any atom is -0.379 e. The molecule has 7 heteroatoms. The van der Waals surface area contributed by atoms with Crippen molar-refractivity contribution in [3.8, 4) is 0 Å². The van der Waals surface area contributed by atoms with Gasteiger partial charge in [0, 0.05) is 45.2 Å². The Labute approximate surface area is 125 Å². The highest BCUT2D eigenvalue weighted by molar-refractivity contribution is 5.78. The number of amides is 3. The molecule has 0 aromatic heterocycles. The summed E-state index contributed by atoms with van der Waals surface area (Å²) in [7, 11) is 0. The number of nitrogens with two attached hydrogens (primary N) is 1. The molecule has 21 heavy (non-hydrogen) atoms. The van der Waals surface area contributed by atoms with Gasteiger partial charge in [-0.15, -0.1) is 0 Å². The first-order valence-corrected chi connectivity index (χ1v) is 7.74. The van der Waals surface area contributed by atoms with Gasteiger partial charge in [0.15, 0.2) is 0 Å². The Kier molecular flexibility index (Phi) is 5.81. The smallest absolute Gasteiger partial charge is 0.312 e. The van der Waals surface area contributed by atoms with Crippen molar-refractivity contribution in [2.45, 2.75) is 25.8 Å². The minimum absolute atomic E-state index is 0.0953. The quantitative estimate of drug-likeness (QED) is 0.724. The zero-order valence-corrected chi connectivity index (χ0v) is 12.7. The van der Waals surface area contributed by atoms with Crippen LogP contribution >= 0.6 is 0 Å². The molecule has 2 saturated heterocycles. The second-order valence-corrected chi connectivity index (χ2v) is 5.72. The fourth-order valence-electron chi connectivity index (χ4n) is 3.23. The summed E-state index contributed by atoms with van der Waals surface area (Å²) in [5.74, 6) is 0.620. The molecule has 2 fully saturated rings. The van der Waals surface area contributed by atoms with E-state index in [-0.39, 0.29) is 5.91 Å². The van der Waals surface area contributed by atoms with Crippen molar-refractivity contribution in [3.63, 3.8) is 0 Å². The lowest BCUT2D eigenvalue weighted by Crippen LogP contribution is -2.47. The predicted molar refractivity (Wildman–Crippen MR) is 78.7 cm³/mol. The Bertz CT molecular complexity index is 371. The summed E-state index contributed by atoms with van der Waals surface area (Å²) in [6.45, 7) is 7.55. The van der Waals surface area contributed by atoms with Gasteiger partial charge in [-0.05, 0) is 5.92 Å². The number of likely N-dealkylation sites (tertiary alicyclic amines) is 1. The molecule has 0 aromatic rings. The zero-order valence-electron chi connectivity index (χ0n) is 12.7. The summed E-state index contributed by atoms with van der Waals surface area (Å²) in [6, 6.07) is -0.145. The number of nitrogens with one attached hydrogen (secondary N) is 1. The molecule has 2 aliphatic rings. The Balaban J connectivity index is 1.85. The lowest BCUT2D eigenvalue weighted by Gasteiger charge is -2.34. The number of ether oxygens (including phenoxy) is 1. The molecule has 0 radical (unpaired) electrons. The molecule has 2 heterocycles. The van der Waals surface area contributed by atoms with Crippen LogP contribution in [0.25, 0.3) is 0 Å². The van der Waals surface area contributed by atoms with E-state index < -0.39 is 6.03 Å². The highest BCUT2D eigenvalue weighted by Gasteiger charge is 2.37. The third-order valence-electron chi connectivity index (χ3n) is 4.44. The highest BCUT2D eigenvalue weighted by atomic mass is 16.5. The van der Waals surface area contributed by atoms with Crippen molar-refractivity contribution in [2.24, 2.45) is 11.7 Å². The molecule has 7 nitrogen and oxygen atoms in total. The molecule has 0 bridgehead atoms. The molecule has 2 rings (SSSR count). The van der Waals surface area contributed by atoms with Gasteiger partial charge in [-0.2, -0.15) is 0 Å². The van der Waals surface area contributed by atoms with Crippen molar-refractivity contribution in [2.75, 3.05) is 45.9 Å². The van der Waals surface area contributed by atoms with Crippen LogP contribution in [0, 0.1) is 5.92 Å². The maximum Gasteiger partial charge on any atom is 0.312 e. The lowest BCUT2D eigenvalue weighted by molar-refractivity contribution is -0.130. The molecule has 2 atom stereocenters. The Hall–Kier alpha value is -1.34. The Morgan fingerprint density at radius 3 is 2.62 bits per heavy atom. The van der Waals surface area contributed by atoms with E-state index in [1.807, 2.05) is 4.90 Å². The van der Waals surface area contributed by atoms with Crippen LogP contribution in [0.15, 0.2) is 0 Å². The van der Waals surface area contributed by atoms with E-state index in [9.17, 15) is 9.59 Å². The van der Waals surface area contributed by atoms with Gasteiger partial charge in [-0.3, -0.25) is 9.69 Å². The molecule has 0 aliphatic carbocycles. The molecule has 120 valence electrons. The normalized spacial score (nSPS) is 26.8. The van der Waals surface area contributed by atoms with Crippen molar-refractivity contribution in [1.82, 2.24) is 15.1 Å². The van der Waals surface area contributed by atoms with E-state index in [2.05, 4.69) is 17.1 Å². The van der Waals surface area contributed by atoms with E-state index in [0.717, 1.165) is 45.8 Å². The monoisotopic (exact) mass is 298 g/mol. The third kappa shape index (κ3) is 4.31. The standard InChI is InChI=1S/C14H26N4O3/c1-2-11-9-18(13(19)3-4-16-14(15)20)10-12(11)17-5-7-21-8-6-17/h11-12H,2-10H2,1H3,(H3,15,16,20)/t11-,12+/m0/s1. The summed E-state index contributed by atoms with van der Waals surface area (Å²) in [5, 5.41) is 2.46. The Morgan fingerprint density at radius 2 is 2.00 bits per heavy atom. The molecule has 2 aliphatic heterocycles.